The lowest BCUT2D eigenvalue weighted by molar-refractivity contribution is -0.119. The molecule has 1 aliphatic heterocycles. The molecule has 0 radical (unpaired) electrons. The number of nitrogens with zero attached hydrogens (tertiary/aromatic N) is 2. The average molecular weight is 378 g/mol. The van der Waals surface area contributed by atoms with E-state index in [0.29, 0.717) is 5.75 Å². The van der Waals surface area contributed by atoms with Crippen LogP contribution in [0.4, 0.5) is 11.4 Å². The van der Waals surface area contributed by atoms with Gasteiger partial charge in [0.1, 0.15) is 5.75 Å². The Balaban J connectivity index is 1.58. The Hall–Kier alpha value is -3.28. The fourth-order valence-corrected chi connectivity index (χ4v) is 3.52. The molecule has 0 saturated heterocycles. The van der Waals surface area contributed by atoms with Crippen LogP contribution in [0, 0.1) is 0 Å². The van der Waals surface area contributed by atoms with Gasteiger partial charge in [0.15, 0.2) is 0 Å². The van der Waals surface area contributed by atoms with Gasteiger partial charge in [-0.25, -0.2) is 5.43 Å². The predicted molar refractivity (Wildman–Crippen MR) is 114 cm³/mol. The highest BCUT2D eigenvalue weighted by molar-refractivity contribution is 5.84. The van der Waals surface area contributed by atoms with Gasteiger partial charge in [-0.3, -0.25) is 4.79 Å². The zero-order valence-corrected chi connectivity index (χ0v) is 16.7. The summed E-state index contributed by atoms with van der Waals surface area (Å²) in [4.78, 5) is 14.2. The lowest BCUT2D eigenvalue weighted by Crippen LogP contribution is -2.26. The number of nitrogens with one attached hydrogen (secondary N) is 2. The highest BCUT2D eigenvalue weighted by atomic mass is 16.5. The van der Waals surface area contributed by atoms with Gasteiger partial charge in [-0.2, -0.15) is 5.10 Å². The fourth-order valence-electron chi connectivity index (χ4n) is 3.52. The van der Waals surface area contributed by atoms with Crippen molar-refractivity contribution in [3.63, 3.8) is 0 Å². The van der Waals surface area contributed by atoms with Crippen molar-refractivity contribution in [3.05, 3.63) is 65.9 Å². The lowest BCUT2D eigenvalue weighted by atomic mass is 9.84. The van der Waals surface area contributed by atoms with Crippen LogP contribution in [0.15, 0.2) is 65.4 Å². The van der Waals surface area contributed by atoms with Crippen LogP contribution in [0.1, 0.15) is 19.4 Å². The standard InChI is InChI=1S/C22H26N4O2/c1-22(2)16-9-5-7-11-18(16)26(3)20(22)13-14-24-25-21(27)15-23-17-10-6-8-12-19(17)28-4/h5-14,23H,15H2,1-4H3,(H,25,27)/b20-13+,24-14-. The van der Waals surface area contributed by atoms with Crippen LogP contribution >= 0.6 is 0 Å². The minimum absolute atomic E-state index is 0.102. The number of carbonyl (C=O) groups excluding carboxylic acids is 1. The van der Waals surface area contributed by atoms with E-state index in [4.69, 9.17) is 4.74 Å². The van der Waals surface area contributed by atoms with Gasteiger partial charge >= 0.3 is 0 Å². The molecule has 6 nitrogen and oxygen atoms in total. The monoisotopic (exact) mass is 378 g/mol. The van der Waals surface area contributed by atoms with E-state index in [1.165, 1.54) is 11.3 Å². The van der Waals surface area contributed by atoms with Crippen molar-refractivity contribution < 1.29 is 9.53 Å². The number of para-hydroxylation sites is 3. The number of allylic oxidation sites excluding steroid dienone is 2. The summed E-state index contributed by atoms with van der Waals surface area (Å²) in [5.41, 5.74) is 6.78. The molecule has 2 N–H and O–H groups in total. The molecular weight excluding hydrogens is 352 g/mol. The van der Waals surface area contributed by atoms with Crippen LogP contribution < -0.4 is 20.4 Å². The summed E-state index contributed by atoms with van der Waals surface area (Å²) in [5.74, 6) is 0.456. The van der Waals surface area contributed by atoms with E-state index in [0.717, 1.165) is 11.4 Å². The molecule has 1 heterocycles. The second-order valence-electron chi connectivity index (χ2n) is 7.12. The number of fused-ring (bicyclic) bond motifs is 1. The largest absolute Gasteiger partial charge is 0.495 e. The minimum Gasteiger partial charge on any atom is -0.495 e. The molecule has 146 valence electrons. The van der Waals surface area contributed by atoms with Crippen molar-refractivity contribution in [3.8, 4) is 5.75 Å². The SMILES string of the molecule is COc1ccccc1NCC(=O)N/N=C\C=C1\N(C)c2ccccc2C1(C)C. The molecule has 2 aromatic rings. The second-order valence-corrected chi connectivity index (χ2v) is 7.12. The van der Waals surface area contributed by atoms with E-state index in [1.54, 1.807) is 13.3 Å². The van der Waals surface area contributed by atoms with Crippen LogP contribution in [-0.4, -0.2) is 32.8 Å². The van der Waals surface area contributed by atoms with Gasteiger partial charge in [0.05, 0.1) is 19.3 Å². The zero-order chi connectivity index (χ0) is 20.1. The summed E-state index contributed by atoms with van der Waals surface area (Å²) < 4.78 is 5.25. The number of methoxy groups -OCH3 is 1. The third-order valence-electron chi connectivity index (χ3n) is 4.98. The van der Waals surface area contributed by atoms with Gasteiger partial charge in [0.25, 0.3) is 5.91 Å². The number of hydrogen-bond acceptors (Lipinski definition) is 5. The molecule has 0 unspecified atom stereocenters. The van der Waals surface area contributed by atoms with E-state index in [9.17, 15) is 4.79 Å². The van der Waals surface area contributed by atoms with Gasteiger partial charge in [-0.05, 0) is 29.8 Å². The number of carbonyl (C=O) groups is 1. The third-order valence-corrected chi connectivity index (χ3v) is 4.98. The molecule has 2 aromatic carbocycles. The van der Waals surface area contributed by atoms with Gasteiger partial charge < -0.3 is 15.0 Å². The first-order valence-electron chi connectivity index (χ1n) is 9.18. The maximum absolute atomic E-state index is 12.0. The third kappa shape index (κ3) is 3.86. The number of anilines is 2. The Morgan fingerprint density at radius 2 is 1.89 bits per heavy atom. The Bertz CT molecular complexity index is 918. The molecule has 0 bridgehead atoms. The summed E-state index contributed by atoms with van der Waals surface area (Å²) in [7, 11) is 3.64. The zero-order valence-electron chi connectivity index (χ0n) is 16.7. The van der Waals surface area contributed by atoms with E-state index in [1.807, 2.05) is 43.5 Å². The quantitative estimate of drug-likeness (QED) is 0.596. The van der Waals surface area contributed by atoms with E-state index in [-0.39, 0.29) is 17.9 Å². The number of hydrogen-bond donors (Lipinski definition) is 2. The first kappa shape index (κ1) is 19.5. The van der Waals surface area contributed by atoms with Crippen LogP contribution in [-0.2, 0) is 10.2 Å². The molecule has 0 saturated carbocycles. The molecule has 0 spiro atoms. The summed E-state index contributed by atoms with van der Waals surface area (Å²) in [6.45, 7) is 4.47. The summed E-state index contributed by atoms with van der Waals surface area (Å²) in [6.07, 6.45) is 3.56. The van der Waals surface area contributed by atoms with E-state index >= 15 is 0 Å². The molecule has 3 rings (SSSR count). The summed E-state index contributed by atoms with van der Waals surface area (Å²) >= 11 is 0. The number of amides is 1. The van der Waals surface area contributed by atoms with Crippen molar-refractivity contribution >= 4 is 23.5 Å². The van der Waals surface area contributed by atoms with Crippen LogP contribution in [0.3, 0.4) is 0 Å². The molecule has 28 heavy (non-hydrogen) atoms. The lowest BCUT2D eigenvalue weighted by Gasteiger charge is -2.23. The maximum atomic E-state index is 12.0. The molecule has 0 atom stereocenters. The molecule has 0 aromatic heterocycles. The number of benzene rings is 2. The molecule has 6 heteroatoms. The van der Waals surface area contributed by atoms with Gasteiger partial charge in [-0.15, -0.1) is 0 Å². The van der Waals surface area contributed by atoms with E-state index < -0.39 is 0 Å². The van der Waals surface area contributed by atoms with Gasteiger partial charge in [0, 0.05) is 30.1 Å². The number of rotatable bonds is 6. The van der Waals surface area contributed by atoms with Gasteiger partial charge in [-0.1, -0.05) is 44.2 Å². The highest BCUT2D eigenvalue weighted by Crippen LogP contribution is 2.46. The Morgan fingerprint density at radius 3 is 2.64 bits per heavy atom. The molecule has 0 fully saturated rings. The van der Waals surface area contributed by atoms with E-state index in [2.05, 4.69) is 52.8 Å². The number of hydrazone groups is 1. The number of ether oxygens (including phenoxy) is 1. The van der Waals surface area contributed by atoms with Crippen molar-refractivity contribution in [2.45, 2.75) is 19.3 Å². The smallest absolute Gasteiger partial charge is 0.259 e. The first-order chi connectivity index (χ1) is 13.4. The first-order valence-corrected chi connectivity index (χ1v) is 9.18. The molecule has 0 aliphatic carbocycles. The maximum Gasteiger partial charge on any atom is 0.259 e. The molecule has 1 aliphatic rings. The number of likely N-dealkylation sites (N-methyl/N-ethyl adjacent to an activating group) is 1. The van der Waals surface area contributed by atoms with Crippen LogP contribution in [0.5, 0.6) is 5.75 Å². The average Bonchev–Trinajstić information content (AvgIpc) is 2.90. The van der Waals surface area contributed by atoms with Crippen molar-refractivity contribution in [1.29, 1.82) is 0 Å². The molecular formula is C22H26N4O2. The van der Waals surface area contributed by atoms with Crippen LogP contribution in [0.2, 0.25) is 0 Å². The van der Waals surface area contributed by atoms with Crippen LogP contribution in [0.25, 0.3) is 0 Å². The Morgan fingerprint density at radius 1 is 1.18 bits per heavy atom. The predicted octanol–water partition coefficient (Wildman–Crippen LogP) is 3.52. The highest BCUT2D eigenvalue weighted by Gasteiger charge is 2.37. The Labute approximate surface area is 165 Å². The summed E-state index contributed by atoms with van der Waals surface area (Å²) in [5, 5.41) is 7.10. The minimum atomic E-state index is -0.233. The van der Waals surface area contributed by atoms with Crippen molar-refractivity contribution in [2.24, 2.45) is 5.10 Å². The van der Waals surface area contributed by atoms with Crippen molar-refractivity contribution in [1.82, 2.24) is 5.43 Å². The second kappa shape index (κ2) is 8.17. The normalized spacial score (nSPS) is 16.3. The topological polar surface area (TPSA) is 66.0 Å². The molecule has 1 amide bonds. The Kier molecular flexibility index (Phi) is 5.68. The van der Waals surface area contributed by atoms with Gasteiger partial charge in [0.2, 0.25) is 0 Å². The fraction of sp³-hybridized carbons (Fsp3) is 0.273. The van der Waals surface area contributed by atoms with Crippen molar-refractivity contribution in [2.75, 3.05) is 30.9 Å². The summed E-state index contributed by atoms with van der Waals surface area (Å²) in [6, 6.07) is 15.8.